The standard InChI is InChI=1S/C19H32N2O6/c1-3-25-16(22)14-20-18(24)21-10-8-19(9-11-21,17(23)26-4-2)13-15-7-5-6-12-27-15/h15H,3-14H2,1-2H3,(H,20,24). The summed E-state index contributed by atoms with van der Waals surface area (Å²) in [6.07, 6.45) is 4.95. The van der Waals surface area contributed by atoms with Gasteiger partial charge in [0, 0.05) is 19.7 Å². The van der Waals surface area contributed by atoms with Gasteiger partial charge < -0.3 is 24.4 Å². The fourth-order valence-corrected chi connectivity index (χ4v) is 3.79. The summed E-state index contributed by atoms with van der Waals surface area (Å²) in [7, 11) is 0. The quantitative estimate of drug-likeness (QED) is 0.674. The lowest BCUT2D eigenvalue weighted by Gasteiger charge is -2.42. The van der Waals surface area contributed by atoms with Crippen LogP contribution in [-0.4, -0.2) is 68.4 Å². The minimum Gasteiger partial charge on any atom is -0.466 e. The van der Waals surface area contributed by atoms with Gasteiger partial charge in [-0.2, -0.15) is 0 Å². The molecule has 0 aromatic heterocycles. The first-order chi connectivity index (χ1) is 13.0. The number of hydrogen-bond donors (Lipinski definition) is 1. The zero-order chi connectivity index (χ0) is 19.7. The molecule has 2 saturated heterocycles. The molecule has 2 aliphatic rings. The van der Waals surface area contributed by atoms with E-state index in [1.165, 1.54) is 0 Å². The monoisotopic (exact) mass is 384 g/mol. The second-order valence-corrected chi connectivity index (χ2v) is 7.14. The molecule has 8 heteroatoms. The van der Waals surface area contributed by atoms with Gasteiger partial charge in [0.2, 0.25) is 0 Å². The van der Waals surface area contributed by atoms with Gasteiger partial charge in [-0.15, -0.1) is 0 Å². The number of nitrogens with zero attached hydrogens (tertiary/aromatic N) is 1. The van der Waals surface area contributed by atoms with Crippen LogP contribution in [0.3, 0.4) is 0 Å². The first-order valence-electron chi connectivity index (χ1n) is 9.98. The van der Waals surface area contributed by atoms with Gasteiger partial charge in [0.1, 0.15) is 6.54 Å². The van der Waals surface area contributed by atoms with E-state index in [0.717, 1.165) is 25.9 Å². The Morgan fingerprint density at radius 2 is 1.81 bits per heavy atom. The Hall–Kier alpha value is -1.83. The van der Waals surface area contributed by atoms with Crippen molar-refractivity contribution < 1.29 is 28.6 Å². The lowest BCUT2D eigenvalue weighted by atomic mass is 9.73. The Morgan fingerprint density at radius 3 is 2.41 bits per heavy atom. The van der Waals surface area contributed by atoms with E-state index < -0.39 is 11.4 Å². The van der Waals surface area contributed by atoms with E-state index in [1.807, 2.05) is 0 Å². The lowest BCUT2D eigenvalue weighted by molar-refractivity contribution is -0.162. The van der Waals surface area contributed by atoms with Crippen molar-refractivity contribution in [3.63, 3.8) is 0 Å². The molecule has 0 bridgehead atoms. The molecule has 154 valence electrons. The number of esters is 2. The van der Waals surface area contributed by atoms with Gasteiger partial charge in [-0.05, 0) is 52.4 Å². The molecule has 2 amide bonds. The van der Waals surface area contributed by atoms with Crippen LogP contribution in [-0.2, 0) is 23.8 Å². The summed E-state index contributed by atoms with van der Waals surface area (Å²) in [5, 5.41) is 2.57. The van der Waals surface area contributed by atoms with E-state index in [1.54, 1.807) is 18.7 Å². The maximum Gasteiger partial charge on any atom is 0.325 e. The van der Waals surface area contributed by atoms with Gasteiger partial charge in [-0.1, -0.05) is 0 Å². The highest BCUT2D eigenvalue weighted by molar-refractivity contribution is 5.81. The molecule has 0 spiro atoms. The molecule has 2 fully saturated rings. The first kappa shape index (κ1) is 21.5. The fraction of sp³-hybridized carbons (Fsp3) is 0.842. The van der Waals surface area contributed by atoms with Crippen molar-refractivity contribution in [2.24, 2.45) is 5.41 Å². The van der Waals surface area contributed by atoms with E-state index in [4.69, 9.17) is 14.2 Å². The van der Waals surface area contributed by atoms with Crippen LogP contribution in [0, 0.1) is 5.41 Å². The van der Waals surface area contributed by atoms with Crippen LogP contribution >= 0.6 is 0 Å². The topological polar surface area (TPSA) is 94.2 Å². The second-order valence-electron chi connectivity index (χ2n) is 7.14. The third kappa shape index (κ3) is 6.09. The Labute approximate surface area is 160 Å². The number of carbonyl (C=O) groups is 3. The van der Waals surface area contributed by atoms with E-state index in [-0.39, 0.29) is 31.3 Å². The van der Waals surface area contributed by atoms with Crippen molar-refractivity contribution in [3.8, 4) is 0 Å². The summed E-state index contributed by atoms with van der Waals surface area (Å²) in [6.45, 7) is 5.63. The molecule has 0 aromatic carbocycles. The van der Waals surface area contributed by atoms with Gasteiger partial charge in [0.15, 0.2) is 0 Å². The fourth-order valence-electron chi connectivity index (χ4n) is 3.79. The van der Waals surface area contributed by atoms with Crippen LogP contribution < -0.4 is 5.32 Å². The van der Waals surface area contributed by atoms with E-state index in [9.17, 15) is 14.4 Å². The number of nitrogens with one attached hydrogen (secondary N) is 1. The van der Waals surface area contributed by atoms with Crippen LogP contribution in [0.25, 0.3) is 0 Å². The maximum absolute atomic E-state index is 12.7. The summed E-state index contributed by atoms with van der Waals surface area (Å²) in [5.74, 6) is -0.649. The zero-order valence-corrected chi connectivity index (χ0v) is 16.5. The summed E-state index contributed by atoms with van der Waals surface area (Å²) in [4.78, 5) is 38.0. The number of ether oxygens (including phenoxy) is 3. The molecular formula is C19H32N2O6. The molecule has 27 heavy (non-hydrogen) atoms. The lowest BCUT2D eigenvalue weighted by Crippen LogP contribution is -2.51. The number of amides is 2. The maximum atomic E-state index is 12.7. The molecule has 8 nitrogen and oxygen atoms in total. The third-order valence-electron chi connectivity index (χ3n) is 5.30. The molecule has 1 unspecified atom stereocenters. The third-order valence-corrected chi connectivity index (χ3v) is 5.30. The van der Waals surface area contributed by atoms with Gasteiger partial charge in [-0.3, -0.25) is 9.59 Å². The van der Waals surface area contributed by atoms with Crippen molar-refractivity contribution in [3.05, 3.63) is 0 Å². The molecule has 0 saturated carbocycles. The molecule has 2 heterocycles. The number of rotatable bonds is 7. The largest absolute Gasteiger partial charge is 0.466 e. The number of piperidine rings is 1. The molecule has 0 aliphatic carbocycles. The normalized spacial score (nSPS) is 22.0. The van der Waals surface area contributed by atoms with Crippen molar-refractivity contribution in [1.82, 2.24) is 10.2 Å². The highest BCUT2D eigenvalue weighted by Crippen LogP contribution is 2.39. The molecule has 2 aliphatic heterocycles. The Bertz CT molecular complexity index is 510. The smallest absolute Gasteiger partial charge is 0.325 e. The highest BCUT2D eigenvalue weighted by Gasteiger charge is 2.45. The summed E-state index contributed by atoms with van der Waals surface area (Å²) >= 11 is 0. The van der Waals surface area contributed by atoms with Crippen molar-refractivity contribution in [2.45, 2.75) is 58.5 Å². The van der Waals surface area contributed by atoms with Gasteiger partial charge >= 0.3 is 18.0 Å². The predicted molar refractivity (Wildman–Crippen MR) is 98.1 cm³/mol. The van der Waals surface area contributed by atoms with Gasteiger partial charge in [0.05, 0.1) is 24.7 Å². The van der Waals surface area contributed by atoms with Crippen molar-refractivity contribution >= 4 is 18.0 Å². The number of likely N-dealkylation sites (tertiary alicyclic amines) is 1. The van der Waals surface area contributed by atoms with Gasteiger partial charge in [-0.25, -0.2) is 4.79 Å². The van der Waals surface area contributed by atoms with Crippen LogP contribution in [0.1, 0.15) is 52.4 Å². The van der Waals surface area contributed by atoms with Crippen LogP contribution in [0.15, 0.2) is 0 Å². The van der Waals surface area contributed by atoms with Crippen LogP contribution in [0.5, 0.6) is 0 Å². The van der Waals surface area contributed by atoms with Crippen LogP contribution in [0.2, 0.25) is 0 Å². The van der Waals surface area contributed by atoms with Crippen LogP contribution in [0.4, 0.5) is 4.79 Å². The average Bonchev–Trinajstić information content (AvgIpc) is 2.68. The van der Waals surface area contributed by atoms with E-state index in [2.05, 4.69) is 5.32 Å². The van der Waals surface area contributed by atoms with Crippen molar-refractivity contribution in [2.75, 3.05) is 39.5 Å². The first-order valence-corrected chi connectivity index (χ1v) is 9.98. The van der Waals surface area contributed by atoms with E-state index >= 15 is 0 Å². The minimum atomic E-state index is -0.601. The molecular weight excluding hydrogens is 352 g/mol. The summed E-state index contributed by atoms with van der Waals surface area (Å²) in [5.41, 5.74) is -0.601. The van der Waals surface area contributed by atoms with Crippen molar-refractivity contribution in [1.29, 1.82) is 0 Å². The predicted octanol–water partition coefficient (Wildman–Crippen LogP) is 1.86. The minimum absolute atomic E-state index is 0.0762. The molecule has 1 N–H and O–H groups in total. The summed E-state index contributed by atoms with van der Waals surface area (Å²) in [6, 6.07) is -0.311. The Kier molecular flexibility index (Phi) is 8.34. The van der Waals surface area contributed by atoms with E-state index in [0.29, 0.717) is 39.0 Å². The highest BCUT2D eigenvalue weighted by atomic mass is 16.5. The average molecular weight is 384 g/mol. The number of carbonyl (C=O) groups excluding carboxylic acids is 3. The number of hydrogen-bond acceptors (Lipinski definition) is 6. The Morgan fingerprint density at radius 1 is 1.11 bits per heavy atom. The summed E-state index contributed by atoms with van der Waals surface area (Å²) < 4.78 is 16.0. The molecule has 0 radical (unpaired) electrons. The molecule has 2 rings (SSSR count). The molecule has 0 aromatic rings. The number of urea groups is 1. The molecule has 1 atom stereocenters. The zero-order valence-electron chi connectivity index (χ0n) is 16.5. The SMILES string of the molecule is CCOC(=O)CNC(=O)N1CCC(CC2CCCCO2)(C(=O)OCC)CC1. The second kappa shape index (κ2) is 10.5. The van der Waals surface area contributed by atoms with Gasteiger partial charge in [0.25, 0.3) is 0 Å². The Balaban J connectivity index is 1.92.